The molecule has 1 fully saturated rings. The Bertz CT molecular complexity index is 730. The number of hydrogen-bond acceptors (Lipinski definition) is 6. The highest BCUT2D eigenvalue weighted by Crippen LogP contribution is 2.26. The Kier molecular flexibility index (Phi) is 5.08. The van der Waals surface area contributed by atoms with Crippen molar-refractivity contribution >= 4 is 17.4 Å². The van der Waals surface area contributed by atoms with Crippen molar-refractivity contribution in [3.05, 3.63) is 34.9 Å². The van der Waals surface area contributed by atoms with Crippen LogP contribution in [0.3, 0.4) is 0 Å². The van der Waals surface area contributed by atoms with E-state index in [-0.39, 0.29) is 28.9 Å². The molecule has 1 aliphatic carbocycles. The van der Waals surface area contributed by atoms with Gasteiger partial charge in [0, 0.05) is 24.2 Å². The van der Waals surface area contributed by atoms with Crippen molar-refractivity contribution in [3.8, 4) is 5.88 Å². The summed E-state index contributed by atoms with van der Waals surface area (Å²) in [6.07, 6.45) is 5.09. The molecule has 0 radical (unpaired) electrons. The summed E-state index contributed by atoms with van der Waals surface area (Å²) in [5, 5.41) is 3.17. The summed E-state index contributed by atoms with van der Waals surface area (Å²) in [5.74, 6) is 0.255. The smallest absolute Gasteiger partial charge is 0.224 e. The molecule has 0 saturated heterocycles. The highest BCUT2D eigenvalue weighted by molar-refractivity contribution is 6.28. The van der Waals surface area contributed by atoms with Crippen LogP contribution in [0.25, 0.3) is 0 Å². The predicted molar refractivity (Wildman–Crippen MR) is 88.8 cm³/mol. The van der Waals surface area contributed by atoms with E-state index >= 15 is 0 Å². The van der Waals surface area contributed by atoms with Gasteiger partial charge in [-0.25, -0.2) is 19.3 Å². The summed E-state index contributed by atoms with van der Waals surface area (Å²) in [5.41, 5.74) is 1.09. The van der Waals surface area contributed by atoms with Gasteiger partial charge < -0.3 is 10.1 Å². The third kappa shape index (κ3) is 4.08. The molecule has 2 atom stereocenters. The highest BCUT2D eigenvalue weighted by Gasteiger charge is 2.25. The summed E-state index contributed by atoms with van der Waals surface area (Å²) in [7, 11) is 0. The number of rotatable bonds is 4. The number of nitrogens with one attached hydrogen (secondary N) is 1. The van der Waals surface area contributed by atoms with Crippen LogP contribution in [0.15, 0.2) is 12.4 Å². The van der Waals surface area contributed by atoms with E-state index in [1.165, 1.54) is 6.33 Å². The molecule has 1 N–H and O–H groups in total. The van der Waals surface area contributed by atoms with E-state index in [4.69, 9.17) is 16.3 Å². The van der Waals surface area contributed by atoms with Crippen molar-refractivity contribution in [2.24, 2.45) is 0 Å². The molecule has 24 heavy (non-hydrogen) atoms. The molecule has 0 bridgehead atoms. The number of halogens is 2. The molecule has 1 aliphatic rings. The zero-order valence-corrected chi connectivity index (χ0v) is 14.3. The third-order valence-electron chi connectivity index (χ3n) is 4.02. The molecule has 3 rings (SSSR count). The van der Waals surface area contributed by atoms with E-state index in [0.29, 0.717) is 5.88 Å². The van der Waals surface area contributed by atoms with Crippen LogP contribution in [0, 0.1) is 19.7 Å². The first-order valence-corrected chi connectivity index (χ1v) is 8.30. The lowest BCUT2D eigenvalue weighted by Gasteiger charge is -2.30. The molecule has 1 saturated carbocycles. The van der Waals surface area contributed by atoms with Crippen LogP contribution in [0.1, 0.15) is 37.1 Å². The molecular weight excluding hydrogens is 333 g/mol. The second kappa shape index (κ2) is 7.25. The first-order chi connectivity index (χ1) is 11.5. The molecule has 0 spiro atoms. The van der Waals surface area contributed by atoms with E-state index in [1.54, 1.807) is 6.92 Å². The average molecular weight is 352 g/mol. The van der Waals surface area contributed by atoms with Gasteiger partial charge in [-0.15, -0.1) is 0 Å². The van der Waals surface area contributed by atoms with Crippen LogP contribution in [0.2, 0.25) is 5.28 Å². The molecule has 8 heteroatoms. The normalized spacial score (nSPS) is 20.7. The molecule has 128 valence electrons. The highest BCUT2D eigenvalue weighted by atomic mass is 35.5. The van der Waals surface area contributed by atoms with E-state index in [0.717, 1.165) is 31.4 Å². The van der Waals surface area contributed by atoms with Gasteiger partial charge in [0.15, 0.2) is 11.6 Å². The molecule has 2 heterocycles. The van der Waals surface area contributed by atoms with Crippen molar-refractivity contribution in [1.82, 2.24) is 19.9 Å². The fraction of sp³-hybridized carbons (Fsp3) is 0.500. The number of ether oxygens (including phenoxy) is 1. The van der Waals surface area contributed by atoms with Gasteiger partial charge in [0.05, 0.1) is 5.69 Å². The fourth-order valence-electron chi connectivity index (χ4n) is 2.86. The average Bonchev–Trinajstić information content (AvgIpc) is 2.52. The molecule has 0 aromatic carbocycles. The van der Waals surface area contributed by atoms with Gasteiger partial charge in [0.25, 0.3) is 0 Å². The van der Waals surface area contributed by atoms with E-state index in [1.807, 2.05) is 13.0 Å². The lowest BCUT2D eigenvalue weighted by atomic mass is 9.93. The monoisotopic (exact) mass is 351 g/mol. The summed E-state index contributed by atoms with van der Waals surface area (Å²) in [6, 6.07) is 1.87. The Morgan fingerprint density at radius 1 is 1.25 bits per heavy atom. The molecule has 2 unspecified atom stereocenters. The summed E-state index contributed by atoms with van der Waals surface area (Å²) in [4.78, 5) is 15.9. The SMILES string of the molecule is Cc1cc(OC2CCCC(Nc3nc(Cl)nc(C)c3F)C2)ncn1. The van der Waals surface area contributed by atoms with Crippen LogP contribution in [-0.4, -0.2) is 32.1 Å². The summed E-state index contributed by atoms with van der Waals surface area (Å²) in [6.45, 7) is 3.46. The van der Waals surface area contributed by atoms with Gasteiger partial charge >= 0.3 is 0 Å². The number of aromatic nitrogens is 4. The second-order valence-corrected chi connectivity index (χ2v) is 6.32. The minimum Gasteiger partial charge on any atom is -0.474 e. The molecule has 2 aromatic rings. The third-order valence-corrected chi connectivity index (χ3v) is 4.19. The van der Waals surface area contributed by atoms with Crippen molar-refractivity contribution < 1.29 is 9.13 Å². The van der Waals surface area contributed by atoms with Crippen molar-refractivity contribution in [3.63, 3.8) is 0 Å². The van der Waals surface area contributed by atoms with Crippen molar-refractivity contribution in [1.29, 1.82) is 0 Å². The van der Waals surface area contributed by atoms with E-state index < -0.39 is 5.82 Å². The standard InChI is InChI=1S/C16H19ClFN5O/c1-9-6-13(20-8-19-9)24-12-5-3-4-11(7-12)22-15-14(18)10(2)21-16(17)23-15/h6,8,11-12H,3-5,7H2,1-2H3,(H,21,22,23). The molecular formula is C16H19ClFN5O. The van der Waals surface area contributed by atoms with Crippen LogP contribution >= 0.6 is 11.6 Å². The maximum Gasteiger partial charge on any atom is 0.224 e. The van der Waals surface area contributed by atoms with Gasteiger partial charge in [-0.2, -0.15) is 4.98 Å². The van der Waals surface area contributed by atoms with Crippen LogP contribution in [0.5, 0.6) is 5.88 Å². The maximum atomic E-state index is 14.1. The first kappa shape index (κ1) is 16.8. The number of hydrogen-bond donors (Lipinski definition) is 1. The minimum absolute atomic E-state index is 0.0204. The van der Waals surface area contributed by atoms with E-state index in [9.17, 15) is 4.39 Å². The number of anilines is 1. The quantitative estimate of drug-likeness (QED) is 0.850. The Labute approximate surface area is 144 Å². The van der Waals surface area contributed by atoms with Gasteiger partial charge in [-0.1, -0.05) is 0 Å². The van der Waals surface area contributed by atoms with Gasteiger partial charge in [0.2, 0.25) is 11.2 Å². The first-order valence-electron chi connectivity index (χ1n) is 7.92. The Balaban J connectivity index is 1.66. The lowest BCUT2D eigenvalue weighted by Crippen LogP contribution is -2.34. The predicted octanol–water partition coefficient (Wildman–Crippen LogP) is 3.48. The Morgan fingerprint density at radius 3 is 2.88 bits per heavy atom. The molecule has 0 aliphatic heterocycles. The number of nitrogens with zero attached hydrogens (tertiary/aromatic N) is 4. The van der Waals surface area contributed by atoms with Gasteiger partial charge in [-0.3, -0.25) is 0 Å². The van der Waals surface area contributed by atoms with Crippen LogP contribution < -0.4 is 10.1 Å². The van der Waals surface area contributed by atoms with Crippen molar-refractivity contribution in [2.75, 3.05) is 5.32 Å². The Hall–Kier alpha value is -2.02. The topological polar surface area (TPSA) is 72.8 Å². The van der Waals surface area contributed by atoms with Crippen LogP contribution in [-0.2, 0) is 0 Å². The Morgan fingerprint density at radius 2 is 2.08 bits per heavy atom. The van der Waals surface area contributed by atoms with Crippen LogP contribution in [0.4, 0.5) is 10.2 Å². The molecule has 6 nitrogen and oxygen atoms in total. The fourth-order valence-corrected chi connectivity index (χ4v) is 3.07. The second-order valence-electron chi connectivity index (χ2n) is 5.99. The molecule has 2 aromatic heterocycles. The molecule has 0 amide bonds. The van der Waals surface area contributed by atoms with E-state index in [2.05, 4.69) is 25.3 Å². The number of aryl methyl sites for hydroxylation is 2. The van der Waals surface area contributed by atoms with Gasteiger partial charge in [0.1, 0.15) is 12.4 Å². The summed E-state index contributed by atoms with van der Waals surface area (Å²) < 4.78 is 20.1. The minimum atomic E-state index is -0.464. The lowest BCUT2D eigenvalue weighted by molar-refractivity contribution is 0.142. The maximum absolute atomic E-state index is 14.1. The van der Waals surface area contributed by atoms with Gasteiger partial charge in [-0.05, 0) is 44.7 Å². The zero-order valence-electron chi connectivity index (χ0n) is 13.6. The summed E-state index contributed by atoms with van der Waals surface area (Å²) >= 11 is 5.82. The van der Waals surface area contributed by atoms with Crippen molar-refractivity contribution in [2.45, 2.75) is 51.7 Å². The largest absolute Gasteiger partial charge is 0.474 e. The zero-order chi connectivity index (χ0) is 17.1.